The van der Waals surface area contributed by atoms with Crippen LogP contribution in [0.15, 0.2) is 30.3 Å². The maximum absolute atomic E-state index is 13.9. The molecule has 0 saturated carbocycles. The normalized spacial score (nSPS) is 16.5. The first-order valence-corrected chi connectivity index (χ1v) is 7.43. The maximum atomic E-state index is 13.9. The average molecular weight is 322 g/mol. The highest BCUT2D eigenvalue weighted by atomic mass is 35.5. The van der Waals surface area contributed by atoms with Crippen LogP contribution in [0.4, 0.5) is 14.5 Å². The van der Waals surface area contributed by atoms with Gasteiger partial charge in [-0.15, -0.1) is 0 Å². The Kier molecular flexibility index (Phi) is 3.87. The van der Waals surface area contributed by atoms with Crippen LogP contribution in [0.3, 0.4) is 0 Å². The highest BCUT2D eigenvalue weighted by molar-refractivity contribution is 6.31. The molecule has 2 nitrogen and oxygen atoms in total. The zero-order valence-electron chi connectivity index (χ0n) is 11.9. The summed E-state index contributed by atoms with van der Waals surface area (Å²) in [5, 5.41) is 2.62. The number of hydrogen-bond acceptors (Lipinski definition) is 1. The van der Waals surface area contributed by atoms with E-state index in [1.54, 1.807) is 0 Å². The van der Waals surface area contributed by atoms with Crippen LogP contribution < -0.4 is 5.32 Å². The van der Waals surface area contributed by atoms with E-state index < -0.39 is 5.82 Å². The molecule has 22 heavy (non-hydrogen) atoms. The van der Waals surface area contributed by atoms with E-state index in [0.29, 0.717) is 23.2 Å². The average Bonchev–Trinajstić information content (AvgIpc) is 2.86. The van der Waals surface area contributed by atoms with Crippen molar-refractivity contribution in [2.75, 3.05) is 5.32 Å². The van der Waals surface area contributed by atoms with Gasteiger partial charge in [-0.25, -0.2) is 8.78 Å². The lowest BCUT2D eigenvalue weighted by Crippen LogP contribution is -2.15. The van der Waals surface area contributed by atoms with Crippen molar-refractivity contribution in [3.8, 4) is 0 Å². The molecule has 0 unspecified atom stereocenters. The molecule has 2 aromatic rings. The van der Waals surface area contributed by atoms with Gasteiger partial charge < -0.3 is 5.32 Å². The fourth-order valence-electron chi connectivity index (χ4n) is 2.93. The number of nitrogens with one attached hydrogen (secondary N) is 1. The molecule has 0 aromatic heterocycles. The number of carbonyl (C=O) groups excluding carboxylic acids is 1. The van der Waals surface area contributed by atoms with Crippen molar-refractivity contribution >= 4 is 23.2 Å². The molecule has 0 fully saturated rings. The summed E-state index contributed by atoms with van der Waals surface area (Å²) in [5.41, 5.74) is 2.25. The van der Waals surface area contributed by atoms with Gasteiger partial charge >= 0.3 is 0 Å². The highest BCUT2D eigenvalue weighted by Crippen LogP contribution is 2.36. The Labute approximate surface area is 132 Å². The second-order valence-electron chi connectivity index (χ2n) is 5.51. The van der Waals surface area contributed by atoms with Crippen molar-refractivity contribution in [2.24, 2.45) is 0 Å². The van der Waals surface area contributed by atoms with Gasteiger partial charge in [-0.05, 0) is 60.2 Å². The fraction of sp³-hybridized carbons (Fsp3) is 0.235. The summed E-state index contributed by atoms with van der Waals surface area (Å²) in [7, 11) is 0. The van der Waals surface area contributed by atoms with Gasteiger partial charge in [0.15, 0.2) is 0 Å². The monoisotopic (exact) mass is 321 g/mol. The van der Waals surface area contributed by atoms with Crippen LogP contribution in [-0.2, 0) is 6.42 Å². The van der Waals surface area contributed by atoms with Crippen molar-refractivity contribution in [3.05, 3.63) is 63.7 Å². The Balaban J connectivity index is 1.92. The van der Waals surface area contributed by atoms with Gasteiger partial charge in [-0.2, -0.15) is 0 Å². The Morgan fingerprint density at radius 1 is 1.23 bits per heavy atom. The van der Waals surface area contributed by atoms with Crippen molar-refractivity contribution < 1.29 is 13.6 Å². The Bertz CT molecular complexity index is 761. The van der Waals surface area contributed by atoms with Crippen LogP contribution in [0.25, 0.3) is 0 Å². The predicted molar refractivity (Wildman–Crippen MR) is 82.5 cm³/mol. The first kappa shape index (κ1) is 15.0. The lowest BCUT2D eigenvalue weighted by Gasteiger charge is -2.12. The van der Waals surface area contributed by atoms with Gasteiger partial charge in [0.05, 0.1) is 5.02 Å². The van der Waals surface area contributed by atoms with Gasteiger partial charge in [0, 0.05) is 11.3 Å². The maximum Gasteiger partial charge on any atom is 0.255 e. The van der Waals surface area contributed by atoms with Gasteiger partial charge in [-0.1, -0.05) is 18.5 Å². The SMILES string of the molecule is C[C@H]1CCc2c(C(=O)Nc3ccc(F)c(Cl)c3)ccc(F)c21. The summed E-state index contributed by atoms with van der Waals surface area (Å²) in [6.45, 7) is 1.95. The summed E-state index contributed by atoms with van der Waals surface area (Å²) in [6.07, 6.45) is 1.51. The second kappa shape index (κ2) is 5.69. The molecule has 1 aliphatic carbocycles. The van der Waals surface area contributed by atoms with E-state index in [9.17, 15) is 13.6 Å². The predicted octanol–water partition coefficient (Wildman–Crippen LogP) is 4.92. The zero-order chi connectivity index (χ0) is 15.9. The molecular weight excluding hydrogens is 308 g/mol. The minimum atomic E-state index is -0.545. The van der Waals surface area contributed by atoms with Crippen molar-refractivity contribution in [1.29, 1.82) is 0 Å². The third-order valence-electron chi connectivity index (χ3n) is 4.05. The summed E-state index contributed by atoms with van der Waals surface area (Å²) in [4.78, 5) is 12.4. The van der Waals surface area contributed by atoms with Crippen LogP contribution in [0.1, 0.15) is 40.7 Å². The smallest absolute Gasteiger partial charge is 0.255 e. The Morgan fingerprint density at radius 2 is 1.95 bits per heavy atom. The second-order valence-corrected chi connectivity index (χ2v) is 5.92. The molecule has 1 aliphatic rings. The largest absolute Gasteiger partial charge is 0.322 e. The lowest BCUT2D eigenvalue weighted by molar-refractivity contribution is 0.102. The Morgan fingerprint density at radius 3 is 2.68 bits per heavy atom. The molecule has 1 N–H and O–H groups in total. The van der Waals surface area contributed by atoms with E-state index in [-0.39, 0.29) is 22.7 Å². The van der Waals surface area contributed by atoms with Crippen LogP contribution in [0.2, 0.25) is 5.02 Å². The summed E-state index contributed by atoms with van der Waals surface area (Å²) in [5.74, 6) is -1.03. The van der Waals surface area contributed by atoms with E-state index in [4.69, 9.17) is 11.6 Å². The fourth-order valence-corrected chi connectivity index (χ4v) is 3.11. The van der Waals surface area contributed by atoms with Crippen molar-refractivity contribution in [1.82, 2.24) is 0 Å². The Hall–Kier alpha value is -1.94. The summed E-state index contributed by atoms with van der Waals surface area (Å²) in [6, 6.07) is 6.79. The molecule has 0 bridgehead atoms. The van der Waals surface area contributed by atoms with E-state index in [2.05, 4.69) is 5.32 Å². The number of anilines is 1. The number of carbonyl (C=O) groups is 1. The topological polar surface area (TPSA) is 29.1 Å². The first-order chi connectivity index (χ1) is 10.5. The molecule has 2 aromatic carbocycles. The van der Waals surface area contributed by atoms with Crippen LogP contribution >= 0.6 is 11.6 Å². The number of fused-ring (bicyclic) bond motifs is 1. The van der Waals surface area contributed by atoms with E-state index in [1.807, 2.05) is 6.92 Å². The molecular formula is C17H14ClF2NO. The number of benzene rings is 2. The molecule has 0 heterocycles. The van der Waals surface area contributed by atoms with E-state index >= 15 is 0 Å². The number of amides is 1. The summed E-state index contributed by atoms with van der Waals surface area (Å²) >= 11 is 5.70. The third-order valence-corrected chi connectivity index (χ3v) is 4.34. The van der Waals surface area contributed by atoms with Crippen molar-refractivity contribution in [3.63, 3.8) is 0 Å². The van der Waals surface area contributed by atoms with Gasteiger partial charge in [0.25, 0.3) is 5.91 Å². The lowest BCUT2D eigenvalue weighted by atomic mass is 9.98. The van der Waals surface area contributed by atoms with Gasteiger partial charge in [0.1, 0.15) is 11.6 Å². The number of hydrogen-bond donors (Lipinski definition) is 1. The highest BCUT2D eigenvalue weighted by Gasteiger charge is 2.27. The number of rotatable bonds is 2. The van der Waals surface area contributed by atoms with Crippen LogP contribution in [0, 0.1) is 11.6 Å². The quantitative estimate of drug-likeness (QED) is 0.835. The summed E-state index contributed by atoms with van der Waals surface area (Å²) < 4.78 is 27.1. The van der Waals surface area contributed by atoms with Gasteiger partial charge in [-0.3, -0.25) is 4.79 Å². The first-order valence-electron chi connectivity index (χ1n) is 7.05. The molecule has 0 aliphatic heterocycles. The third kappa shape index (κ3) is 2.59. The van der Waals surface area contributed by atoms with Crippen LogP contribution in [0.5, 0.6) is 0 Å². The molecule has 3 rings (SSSR count). The van der Waals surface area contributed by atoms with Crippen LogP contribution in [-0.4, -0.2) is 5.91 Å². The standard InChI is InChI=1S/C17H14ClF2NO/c1-9-2-4-11-12(5-7-15(20)16(9)11)17(22)21-10-3-6-14(19)13(18)8-10/h3,5-9H,2,4H2,1H3,(H,21,22)/t9-/m0/s1. The van der Waals surface area contributed by atoms with E-state index in [1.165, 1.54) is 30.3 Å². The number of halogens is 3. The minimum Gasteiger partial charge on any atom is -0.322 e. The van der Waals surface area contributed by atoms with E-state index in [0.717, 1.165) is 12.0 Å². The molecule has 0 radical (unpaired) electrons. The van der Waals surface area contributed by atoms with Crippen molar-refractivity contribution in [2.45, 2.75) is 25.7 Å². The van der Waals surface area contributed by atoms with Gasteiger partial charge in [0.2, 0.25) is 0 Å². The minimum absolute atomic E-state index is 0.0595. The molecule has 0 saturated heterocycles. The molecule has 1 amide bonds. The molecule has 1 atom stereocenters. The molecule has 0 spiro atoms. The molecule has 5 heteroatoms. The molecule has 114 valence electrons. The zero-order valence-corrected chi connectivity index (χ0v) is 12.7.